The molecule has 0 saturated heterocycles. The van der Waals surface area contributed by atoms with Crippen LogP contribution in [-0.2, 0) is 12.1 Å². The van der Waals surface area contributed by atoms with E-state index in [1.54, 1.807) is 36.3 Å². The van der Waals surface area contributed by atoms with Gasteiger partial charge in [-0.2, -0.15) is 15.3 Å². The van der Waals surface area contributed by atoms with Gasteiger partial charge in [0.2, 0.25) is 5.82 Å². The average Bonchev–Trinajstić information content (AvgIpc) is 3.92. The molecule has 1 unspecified atom stereocenters. The molecule has 10 nitrogen and oxygen atoms in total. The Kier molecular flexibility index (Phi) is 8.77. The van der Waals surface area contributed by atoms with E-state index in [4.69, 9.17) is 21.4 Å². The van der Waals surface area contributed by atoms with Crippen LogP contribution in [0.25, 0.3) is 22.8 Å². The molecule has 0 aliphatic carbocycles. The van der Waals surface area contributed by atoms with Gasteiger partial charge >= 0.3 is 11.8 Å². The number of amides is 1. The SMILES string of the molecule is CC(Cn1ccc(-c2cc(F)c(C#N)c(Cl)c2)n1)NC(=O)c1nc(-c2cn(C(c3ccccc3)(c3ccccc3)c3ccccc3)cn2)no1. The van der Waals surface area contributed by atoms with E-state index in [0.29, 0.717) is 23.5 Å². The lowest BCUT2D eigenvalue weighted by molar-refractivity contribution is 0.0891. The van der Waals surface area contributed by atoms with Crippen LogP contribution in [-0.4, -0.2) is 41.4 Å². The summed E-state index contributed by atoms with van der Waals surface area (Å²) in [5, 5.41) is 20.5. The molecule has 1 atom stereocenters. The lowest BCUT2D eigenvalue weighted by Gasteiger charge is -2.37. The summed E-state index contributed by atoms with van der Waals surface area (Å²) in [6.07, 6.45) is 5.28. The van der Waals surface area contributed by atoms with Crippen molar-refractivity contribution in [2.45, 2.75) is 25.0 Å². The number of benzene rings is 4. The zero-order valence-corrected chi connectivity index (χ0v) is 27.4. The minimum atomic E-state index is -0.777. The Hall–Kier alpha value is -6.38. The molecule has 12 heteroatoms. The zero-order chi connectivity index (χ0) is 34.7. The standard InChI is InChI=1S/C38H28ClFN8O2/c1-25(22-48-18-17-33(45-48)26-19-31(39)30(21-41)32(40)20-26)43-36(49)37-44-35(46-50-37)34-23-47(24-42-34)38(27-11-5-2-6-12-27,28-13-7-3-8-14-28)29-15-9-4-10-16-29/h2-20,23-25H,22H2,1H3,(H,43,49). The number of nitrogens with one attached hydrogen (secondary N) is 1. The third-order valence-electron chi connectivity index (χ3n) is 8.32. The minimum absolute atomic E-state index is 0.00582. The van der Waals surface area contributed by atoms with E-state index in [9.17, 15) is 9.18 Å². The van der Waals surface area contributed by atoms with Gasteiger partial charge in [-0.15, -0.1) is 0 Å². The highest BCUT2D eigenvalue weighted by molar-refractivity contribution is 6.32. The fourth-order valence-electron chi connectivity index (χ4n) is 6.08. The Morgan fingerprint density at radius 2 is 1.58 bits per heavy atom. The Morgan fingerprint density at radius 3 is 2.16 bits per heavy atom. The lowest BCUT2D eigenvalue weighted by atomic mass is 9.77. The number of nitriles is 1. The second-order valence-corrected chi connectivity index (χ2v) is 12.0. The molecule has 0 aliphatic heterocycles. The summed E-state index contributed by atoms with van der Waals surface area (Å²) in [6.45, 7) is 2.09. The molecule has 4 aromatic carbocycles. The fourth-order valence-corrected chi connectivity index (χ4v) is 6.33. The largest absolute Gasteiger partial charge is 0.344 e. The Bertz CT molecular complexity index is 2190. The summed E-state index contributed by atoms with van der Waals surface area (Å²) in [4.78, 5) is 22.1. The van der Waals surface area contributed by atoms with Crippen molar-refractivity contribution in [3.63, 3.8) is 0 Å². The van der Waals surface area contributed by atoms with E-state index in [-0.39, 0.29) is 22.3 Å². The van der Waals surface area contributed by atoms with Gasteiger partial charge in [-0.1, -0.05) is 108 Å². The number of halogens is 2. The highest BCUT2D eigenvalue weighted by Crippen LogP contribution is 2.41. The van der Waals surface area contributed by atoms with Gasteiger partial charge in [0.1, 0.15) is 28.7 Å². The van der Waals surface area contributed by atoms with Crippen LogP contribution in [0.5, 0.6) is 0 Å². The van der Waals surface area contributed by atoms with Gasteiger partial charge in [-0.25, -0.2) is 9.37 Å². The first-order valence-corrected chi connectivity index (χ1v) is 16.0. The molecule has 50 heavy (non-hydrogen) atoms. The van der Waals surface area contributed by atoms with Crippen LogP contribution in [0.1, 0.15) is 39.9 Å². The number of carbonyl (C=O) groups is 1. The van der Waals surface area contributed by atoms with Crippen molar-refractivity contribution in [3.05, 3.63) is 167 Å². The van der Waals surface area contributed by atoms with Crippen LogP contribution in [0.3, 0.4) is 0 Å². The molecule has 0 fully saturated rings. The van der Waals surface area contributed by atoms with Crippen molar-refractivity contribution in [1.29, 1.82) is 5.26 Å². The highest BCUT2D eigenvalue weighted by atomic mass is 35.5. The zero-order valence-electron chi connectivity index (χ0n) is 26.6. The van der Waals surface area contributed by atoms with Gasteiger partial charge in [-0.05, 0) is 41.8 Å². The molecule has 7 rings (SSSR count). The molecule has 3 aromatic heterocycles. The van der Waals surface area contributed by atoms with Crippen LogP contribution in [0.15, 0.2) is 132 Å². The minimum Gasteiger partial charge on any atom is -0.344 e. The number of rotatable bonds is 10. The second kappa shape index (κ2) is 13.6. The van der Waals surface area contributed by atoms with E-state index in [1.165, 1.54) is 12.1 Å². The molecule has 0 saturated carbocycles. The average molecular weight is 683 g/mol. The smallest absolute Gasteiger partial charge is 0.316 e. The van der Waals surface area contributed by atoms with Crippen molar-refractivity contribution in [2.24, 2.45) is 0 Å². The molecule has 0 aliphatic rings. The van der Waals surface area contributed by atoms with Crippen LogP contribution in [0.4, 0.5) is 4.39 Å². The maximum atomic E-state index is 14.3. The number of hydrogen-bond donors (Lipinski definition) is 1. The van der Waals surface area contributed by atoms with Crippen molar-refractivity contribution in [3.8, 4) is 28.8 Å². The summed E-state index contributed by atoms with van der Waals surface area (Å²) in [5.74, 6) is -1.34. The van der Waals surface area contributed by atoms with Gasteiger partial charge < -0.3 is 14.4 Å². The van der Waals surface area contributed by atoms with E-state index >= 15 is 0 Å². The molecule has 0 bridgehead atoms. The number of carbonyl (C=O) groups excluding carboxylic acids is 1. The van der Waals surface area contributed by atoms with Crippen molar-refractivity contribution >= 4 is 17.5 Å². The van der Waals surface area contributed by atoms with Gasteiger partial charge in [0.05, 0.1) is 23.6 Å². The maximum Gasteiger partial charge on any atom is 0.316 e. The lowest BCUT2D eigenvalue weighted by Crippen LogP contribution is -2.36. The fraction of sp³-hybridized carbons (Fsp3) is 0.105. The van der Waals surface area contributed by atoms with E-state index in [0.717, 1.165) is 16.7 Å². The third-order valence-corrected chi connectivity index (χ3v) is 8.62. The summed E-state index contributed by atoms with van der Waals surface area (Å²) in [5.41, 5.74) is 3.41. The highest BCUT2D eigenvalue weighted by Gasteiger charge is 2.38. The number of imidazole rings is 1. The predicted molar refractivity (Wildman–Crippen MR) is 184 cm³/mol. The van der Waals surface area contributed by atoms with E-state index < -0.39 is 23.3 Å². The monoisotopic (exact) mass is 682 g/mol. The first-order chi connectivity index (χ1) is 24.4. The van der Waals surface area contributed by atoms with Crippen LogP contribution in [0.2, 0.25) is 5.02 Å². The summed E-state index contributed by atoms with van der Waals surface area (Å²) >= 11 is 6.06. The van der Waals surface area contributed by atoms with Gasteiger partial charge in [0.25, 0.3) is 0 Å². The Labute approximate surface area is 291 Å². The maximum absolute atomic E-state index is 14.3. The second-order valence-electron chi connectivity index (χ2n) is 11.6. The molecular formula is C38H28ClFN8O2. The first-order valence-electron chi connectivity index (χ1n) is 15.7. The normalized spacial score (nSPS) is 12.0. The first kappa shape index (κ1) is 32.2. The van der Waals surface area contributed by atoms with E-state index in [2.05, 4.69) is 61.9 Å². The molecular weight excluding hydrogens is 655 g/mol. The Morgan fingerprint density at radius 1 is 0.960 bits per heavy atom. The predicted octanol–water partition coefficient (Wildman–Crippen LogP) is 7.12. The molecule has 1 amide bonds. The molecule has 0 radical (unpaired) electrons. The summed E-state index contributed by atoms with van der Waals surface area (Å²) < 4.78 is 23.3. The molecule has 246 valence electrons. The summed E-state index contributed by atoms with van der Waals surface area (Å²) in [7, 11) is 0. The van der Waals surface area contributed by atoms with Crippen LogP contribution < -0.4 is 5.32 Å². The molecule has 7 aromatic rings. The van der Waals surface area contributed by atoms with Gasteiger partial charge in [0, 0.05) is 24.0 Å². The molecule has 3 heterocycles. The van der Waals surface area contributed by atoms with Crippen molar-refractivity contribution in [1.82, 2.24) is 34.8 Å². The Balaban J connectivity index is 1.11. The number of aromatic nitrogens is 6. The summed E-state index contributed by atoms with van der Waals surface area (Å²) in [6, 6.07) is 36.3. The number of nitrogens with zero attached hydrogens (tertiary/aromatic N) is 7. The van der Waals surface area contributed by atoms with Gasteiger partial charge in [0.15, 0.2) is 0 Å². The van der Waals surface area contributed by atoms with Crippen molar-refractivity contribution in [2.75, 3.05) is 0 Å². The molecule has 1 N–H and O–H groups in total. The molecule has 0 spiro atoms. The van der Waals surface area contributed by atoms with Crippen LogP contribution in [0, 0.1) is 17.1 Å². The van der Waals surface area contributed by atoms with Crippen LogP contribution >= 0.6 is 11.6 Å². The topological polar surface area (TPSA) is 127 Å². The number of hydrogen-bond acceptors (Lipinski definition) is 7. The third kappa shape index (κ3) is 6.04. The van der Waals surface area contributed by atoms with E-state index in [1.807, 2.05) is 65.4 Å². The quantitative estimate of drug-likeness (QED) is 0.152. The van der Waals surface area contributed by atoms with Crippen molar-refractivity contribution < 1.29 is 13.7 Å². The van der Waals surface area contributed by atoms with Gasteiger partial charge in [-0.3, -0.25) is 9.48 Å².